The largest absolute Gasteiger partial charge is 0.493 e. The third-order valence-electron chi connectivity index (χ3n) is 4.25. The van der Waals surface area contributed by atoms with Crippen molar-refractivity contribution in [2.45, 2.75) is 45.6 Å². The Balaban J connectivity index is 1.90. The second-order valence-corrected chi connectivity index (χ2v) is 6.62. The number of hydrazone groups is 1. The van der Waals surface area contributed by atoms with Gasteiger partial charge in [-0.2, -0.15) is 5.10 Å². The molecule has 7 heteroatoms. The smallest absolute Gasteiger partial charge is 0.308 e. The second kappa shape index (κ2) is 9.36. The lowest BCUT2D eigenvalue weighted by atomic mass is 9.86. The van der Waals surface area contributed by atoms with Crippen LogP contribution in [-0.4, -0.2) is 30.4 Å². The van der Waals surface area contributed by atoms with Crippen molar-refractivity contribution < 1.29 is 14.3 Å². The zero-order valence-corrected chi connectivity index (χ0v) is 15.7. The number of methoxy groups -OCH3 is 1. The lowest BCUT2D eigenvalue weighted by molar-refractivity contribution is -0.132. The second-order valence-electron chi connectivity index (χ2n) is 6.22. The molecular formula is C18H25N3O3S. The quantitative estimate of drug-likeness (QED) is 0.275. The third-order valence-corrected chi connectivity index (χ3v) is 4.46. The Kier molecular flexibility index (Phi) is 7.18. The highest BCUT2D eigenvalue weighted by molar-refractivity contribution is 7.80. The number of ether oxygens (including phenoxy) is 2. The Bertz CT molecular complexity index is 648. The van der Waals surface area contributed by atoms with Gasteiger partial charge in [0, 0.05) is 13.0 Å². The topological polar surface area (TPSA) is 71.9 Å². The van der Waals surface area contributed by atoms with Gasteiger partial charge in [0.2, 0.25) is 0 Å². The van der Waals surface area contributed by atoms with E-state index >= 15 is 0 Å². The first kappa shape index (κ1) is 19.2. The summed E-state index contributed by atoms with van der Waals surface area (Å²) in [7, 11) is 1.52. The molecule has 136 valence electrons. The number of benzene rings is 1. The minimum absolute atomic E-state index is 0.378. The summed E-state index contributed by atoms with van der Waals surface area (Å²) in [4.78, 5) is 11.1. The molecule has 2 N–H and O–H groups in total. The van der Waals surface area contributed by atoms with Crippen LogP contribution in [0.4, 0.5) is 0 Å². The zero-order chi connectivity index (χ0) is 18.2. The summed E-state index contributed by atoms with van der Waals surface area (Å²) in [5.41, 5.74) is 3.65. The number of hydrogen-bond donors (Lipinski definition) is 2. The molecule has 1 saturated carbocycles. The van der Waals surface area contributed by atoms with Crippen LogP contribution in [0, 0.1) is 5.92 Å². The highest BCUT2D eigenvalue weighted by atomic mass is 32.1. The number of rotatable bonds is 5. The lowest BCUT2D eigenvalue weighted by Gasteiger charge is -2.30. The number of carbonyl (C=O) groups is 1. The van der Waals surface area contributed by atoms with Gasteiger partial charge in [0.05, 0.1) is 13.3 Å². The molecule has 0 unspecified atom stereocenters. The van der Waals surface area contributed by atoms with E-state index in [9.17, 15) is 4.79 Å². The monoisotopic (exact) mass is 363 g/mol. The van der Waals surface area contributed by atoms with Crippen LogP contribution >= 0.6 is 12.2 Å². The highest BCUT2D eigenvalue weighted by Crippen LogP contribution is 2.27. The Morgan fingerprint density at radius 2 is 2.08 bits per heavy atom. The van der Waals surface area contributed by atoms with E-state index in [1.807, 2.05) is 0 Å². The lowest BCUT2D eigenvalue weighted by Crippen LogP contribution is -2.44. The summed E-state index contributed by atoms with van der Waals surface area (Å²) in [6.07, 6.45) is 6.54. The molecule has 0 amide bonds. The first-order valence-electron chi connectivity index (χ1n) is 8.45. The maximum Gasteiger partial charge on any atom is 0.308 e. The molecule has 0 aromatic heterocycles. The number of carbonyl (C=O) groups excluding carboxylic acids is 1. The Morgan fingerprint density at radius 1 is 1.32 bits per heavy atom. The Hall–Kier alpha value is -2.15. The molecule has 0 aliphatic heterocycles. The van der Waals surface area contributed by atoms with E-state index in [1.54, 1.807) is 24.4 Å². The van der Waals surface area contributed by atoms with Crippen LogP contribution in [0.1, 0.15) is 45.1 Å². The van der Waals surface area contributed by atoms with Gasteiger partial charge in [-0.1, -0.05) is 19.8 Å². The summed E-state index contributed by atoms with van der Waals surface area (Å²) in [6.45, 7) is 3.60. The van der Waals surface area contributed by atoms with Gasteiger partial charge < -0.3 is 14.8 Å². The summed E-state index contributed by atoms with van der Waals surface area (Å²) >= 11 is 5.30. The average Bonchev–Trinajstić information content (AvgIpc) is 2.57. The van der Waals surface area contributed by atoms with Crippen molar-refractivity contribution in [3.63, 3.8) is 0 Å². The number of nitrogens with one attached hydrogen (secondary N) is 2. The molecule has 0 radical (unpaired) electrons. The summed E-state index contributed by atoms with van der Waals surface area (Å²) in [5, 5.41) is 8.02. The fourth-order valence-corrected chi connectivity index (χ4v) is 3.10. The van der Waals surface area contributed by atoms with E-state index in [0.717, 1.165) is 12.0 Å². The summed E-state index contributed by atoms with van der Waals surface area (Å²) < 4.78 is 10.3. The standard InChI is InChI=1S/C18H25N3O3S/c1-12-6-4-5-7-15(12)20-18(25)21-19-11-14-8-9-16(24-13(2)22)17(10-14)23-3/h8-12,15H,4-7H2,1-3H3,(H2,20,21,25)/b19-11-/t12-,15+/m1/s1. The molecule has 0 spiro atoms. The average molecular weight is 363 g/mol. The predicted octanol–water partition coefficient (Wildman–Crippen LogP) is 3.00. The Labute approximate surface area is 154 Å². The van der Waals surface area contributed by atoms with Crippen LogP contribution in [0.25, 0.3) is 0 Å². The molecule has 1 aromatic carbocycles. The zero-order valence-electron chi connectivity index (χ0n) is 14.9. The molecule has 0 heterocycles. The fourth-order valence-electron chi connectivity index (χ4n) is 2.90. The van der Waals surface area contributed by atoms with E-state index in [1.165, 1.54) is 33.3 Å². The van der Waals surface area contributed by atoms with Crippen molar-refractivity contribution in [1.29, 1.82) is 0 Å². The van der Waals surface area contributed by atoms with Gasteiger partial charge in [0.25, 0.3) is 0 Å². The maximum atomic E-state index is 11.1. The number of hydrogen-bond acceptors (Lipinski definition) is 5. The normalized spacial score (nSPS) is 20.1. The van der Waals surface area contributed by atoms with Crippen LogP contribution in [0.2, 0.25) is 0 Å². The van der Waals surface area contributed by atoms with E-state index < -0.39 is 5.97 Å². The minimum atomic E-state index is -0.394. The molecule has 1 aliphatic rings. The molecule has 2 atom stereocenters. The SMILES string of the molecule is COc1cc(/C=N\NC(=S)N[C@H]2CCCC[C@H]2C)ccc1OC(C)=O. The van der Waals surface area contributed by atoms with Crippen LogP contribution in [0.3, 0.4) is 0 Å². The van der Waals surface area contributed by atoms with Crippen molar-refractivity contribution >= 4 is 29.5 Å². The fraction of sp³-hybridized carbons (Fsp3) is 0.500. The summed E-state index contributed by atoms with van der Waals surface area (Å²) in [5.74, 6) is 1.07. The van der Waals surface area contributed by atoms with Gasteiger partial charge >= 0.3 is 5.97 Å². The minimum Gasteiger partial charge on any atom is -0.493 e. The maximum absolute atomic E-state index is 11.1. The van der Waals surface area contributed by atoms with Crippen LogP contribution in [0.15, 0.2) is 23.3 Å². The van der Waals surface area contributed by atoms with Crippen LogP contribution < -0.4 is 20.2 Å². The van der Waals surface area contributed by atoms with Gasteiger partial charge in [-0.15, -0.1) is 0 Å². The van der Waals surface area contributed by atoms with Gasteiger partial charge in [-0.3, -0.25) is 10.2 Å². The van der Waals surface area contributed by atoms with Crippen LogP contribution in [0.5, 0.6) is 11.5 Å². The first-order valence-corrected chi connectivity index (χ1v) is 8.86. The van der Waals surface area contributed by atoms with Crippen molar-refractivity contribution in [2.24, 2.45) is 11.0 Å². The number of nitrogens with zero attached hydrogens (tertiary/aromatic N) is 1. The van der Waals surface area contributed by atoms with Gasteiger partial charge in [-0.25, -0.2) is 0 Å². The van der Waals surface area contributed by atoms with Crippen molar-refractivity contribution in [1.82, 2.24) is 10.7 Å². The molecule has 2 rings (SSSR count). The Morgan fingerprint density at radius 3 is 2.76 bits per heavy atom. The molecule has 0 bridgehead atoms. The van der Waals surface area contributed by atoms with Gasteiger partial charge in [-0.05, 0) is 54.7 Å². The highest BCUT2D eigenvalue weighted by Gasteiger charge is 2.21. The number of thiocarbonyl (C=S) groups is 1. The third kappa shape index (κ3) is 6.01. The summed E-state index contributed by atoms with van der Waals surface area (Å²) in [6, 6.07) is 5.60. The molecule has 1 fully saturated rings. The van der Waals surface area contributed by atoms with E-state index in [0.29, 0.717) is 28.6 Å². The van der Waals surface area contributed by atoms with Crippen molar-refractivity contribution in [3.05, 3.63) is 23.8 Å². The van der Waals surface area contributed by atoms with Crippen molar-refractivity contribution in [2.75, 3.05) is 7.11 Å². The van der Waals surface area contributed by atoms with Gasteiger partial charge in [0.1, 0.15) is 0 Å². The molecule has 25 heavy (non-hydrogen) atoms. The van der Waals surface area contributed by atoms with E-state index in [2.05, 4.69) is 22.8 Å². The molecule has 1 aromatic rings. The van der Waals surface area contributed by atoms with Gasteiger partial charge in [0.15, 0.2) is 16.6 Å². The molecule has 6 nitrogen and oxygen atoms in total. The predicted molar refractivity (Wildman–Crippen MR) is 102 cm³/mol. The van der Waals surface area contributed by atoms with Crippen molar-refractivity contribution in [3.8, 4) is 11.5 Å². The van der Waals surface area contributed by atoms with E-state index in [4.69, 9.17) is 21.7 Å². The molecule has 1 aliphatic carbocycles. The van der Waals surface area contributed by atoms with E-state index in [-0.39, 0.29) is 0 Å². The molecular weight excluding hydrogens is 338 g/mol. The number of esters is 1. The van der Waals surface area contributed by atoms with Crippen LogP contribution in [-0.2, 0) is 4.79 Å². The molecule has 0 saturated heterocycles. The first-order chi connectivity index (χ1) is 12.0.